The number of aryl methyl sites for hydroxylation is 3. The third kappa shape index (κ3) is 2.44. The maximum Gasteiger partial charge on any atom is 0.294 e. The summed E-state index contributed by atoms with van der Waals surface area (Å²) in [5.41, 5.74) is 9.17. The van der Waals surface area contributed by atoms with Crippen molar-refractivity contribution in [3.05, 3.63) is 70.9 Å². The molecule has 2 nitrogen and oxygen atoms in total. The van der Waals surface area contributed by atoms with Crippen LogP contribution < -0.4 is 4.57 Å². The van der Waals surface area contributed by atoms with Crippen LogP contribution in [0.5, 0.6) is 0 Å². The third-order valence-corrected chi connectivity index (χ3v) is 5.45. The Morgan fingerprint density at radius 3 is 2.35 bits per heavy atom. The number of fused-ring (bicyclic) bond motifs is 3. The van der Waals surface area contributed by atoms with Gasteiger partial charge in [-0.15, -0.1) is 0 Å². The van der Waals surface area contributed by atoms with Gasteiger partial charge in [-0.2, -0.15) is 4.57 Å². The molecule has 4 aromatic rings. The summed E-state index contributed by atoms with van der Waals surface area (Å²) < 4.78 is 4.70. The highest BCUT2D eigenvalue weighted by Gasteiger charge is 2.24. The fourth-order valence-electron chi connectivity index (χ4n) is 4.29. The molecule has 0 amide bonds. The second kappa shape index (κ2) is 5.98. The summed E-state index contributed by atoms with van der Waals surface area (Å²) in [6, 6.07) is 15.8. The minimum absolute atomic E-state index is 0.515. The molecule has 26 heavy (non-hydrogen) atoms. The monoisotopic (exact) mass is 343 g/mol. The van der Waals surface area contributed by atoms with Crippen molar-refractivity contribution in [1.29, 1.82) is 0 Å². The van der Waals surface area contributed by atoms with Crippen molar-refractivity contribution in [3.8, 4) is 5.69 Å². The Morgan fingerprint density at radius 1 is 0.885 bits per heavy atom. The van der Waals surface area contributed by atoms with Crippen LogP contribution in [-0.4, -0.2) is 4.57 Å². The number of aromatic nitrogens is 2. The molecule has 0 fully saturated rings. The number of nitrogens with zero attached hydrogens (tertiary/aromatic N) is 2. The fourth-order valence-corrected chi connectivity index (χ4v) is 4.29. The standard InChI is InChI=1S/C24H27N2/c1-15(2)19-8-7-9-22(18(19)5)26-23-11-10-16(3)12-20(23)21-13-17(4)14-25(6)24(21)26/h7-15H,1-6H3/q+1. The second-order valence-corrected chi connectivity index (χ2v) is 7.87. The zero-order valence-corrected chi connectivity index (χ0v) is 16.6. The van der Waals surface area contributed by atoms with E-state index in [0.717, 1.165) is 0 Å². The van der Waals surface area contributed by atoms with Crippen LogP contribution in [0.3, 0.4) is 0 Å². The molecule has 0 radical (unpaired) electrons. The number of hydrogen-bond acceptors (Lipinski definition) is 0. The topological polar surface area (TPSA) is 8.81 Å². The lowest BCUT2D eigenvalue weighted by Gasteiger charge is -2.13. The van der Waals surface area contributed by atoms with Crippen LogP contribution >= 0.6 is 0 Å². The van der Waals surface area contributed by atoms with Crippen LogP contribution in [0.25, 0.3) is 27.6 Å². The van der Waals surface area contributed by atoms with Crippen LogP contribution in [0.2, 0.25) is 0 Å². The molecule has 0 spiro atoms. The van der Waals surface area contributed by atoms with Crippen LogP contribution in [0, 0.1) is 20.8 Å². The first-order chi connectivity index (χ1) is 12.4. The fraction of sp³-hybridized carbons (Fsp3) is 0.292. The van der Waals surface area contributed by atoms with E-state index in [1.54, 1.807) is 0 Å². The van der Waals surface area contributed by atoms with Gasteiger partial charge < -0.3 is 0 Å². The van der Waals surface area contributed by atoms with Gasteiger partial charge in [0.15, 0.2) is 0 Å². The van der Waals surface area contributed by atoms with Crippen molar-refractivity contribution < 1.29 is 4.57 Å². The predicted octanol–water partition coefficient (Wildman–Crippen LogP) is 5.66. The first-order valence-electron chi connectivity index (χ1n) is 9.39. The average molecular weight is 343 g/mol. The molecule has 0 saturated carbocycles. The lowest BCUT2D eigenvalue weighted by atomic mass is 9.97. The Balaban J connectivity index is 2.21. The highest BCUT2D eigenvalue weighted by Crippen LogP contribution is 2.34. The molecule has 0 bridgehead atoms. The Kier molecular flexibility index (Phi) is 3.87. The molecule has 0 atom stereocenters. The number of hydrogen-bond donors (Lipinski definition) is 0. The lowest BCUT2D eigenvalue weighted by molar-refractivity contribution is -0.647. The molecule has 2 aromatic carbocycles. The molecule has 132 valence electrons. The van der Waals surface area contributed by atoms with Crippen LogP contribution in [0.15, 0.2) is 48.7 Å². The van der Waals surface area contributed by atoms with Gasteiger partial charge in [-0.1, -0.05) is 37.6 Å². The SMILES string of the molecule is Cc1ccc2c(c1)c1cc(C)c[n+](C)c1n2-c1cccc(C(C)C)c1C. The van der Waals surface area contributed by atoms with Crippen molar-refractivity contribution in [2.45, 2.75) is 40.5 Å². The van der Waals surface area contributed by atoms with Crippen molar-refractivity contribution in [2.24, 2.45) is 7.05 Å². The highest BCUT2D eigenvalue weighted by molar-refractivity contribution is 6.07. The van der Waals surface area contributed by atoms with Crippen LogP contribution in [-0.2, 0) is 7.05 Å². The van der Waals surface area contributed by atoms with E-state index in [2.05, 4.69) is 99.5 Å². The Morgan fingerprint density at radius 2 is 1.62 bits per heavy atom. The van der Waals surface area contributed by atoms with E-state index in [1.165, 1.54) is 49.9 Å². The zero-order valence-electron chi connectivity index (χ0n) is 16.6. The molecular formula is C24H27N2+. The summed E-state index contributed by atoms with van der Waals surface area (Å²) in [4.78, 5) is 0. The number of benzene rings is 2. The lowest BCUT2D eigenvalue weighted by Crippen LogP contribution is -2.31. The summed E-state index contributed by atoms with van der Waals surface area (Å²) in [5.74, 6) is 0.515. The number of pyridine rings is 1. The van der Waals surface area contributed by atoms with Gasteiger partial charge in [-0.25, -0.2) is 4.57 Å². The molecule has 0 saturated heterocycles. The Hall–Kier alpha value is -2.61. The first kappa shape index (κ1) is 16.8. The predicted molar refractivity (Wildman–Crippen MR) is 110 cm³/mol. The van der Waals surface area contributed by atoms with Gasteiger partial charge >= 0.3 is 0 Å². The van der Waals surface area contributed by atoms with E-state index < -0.39 is 0 Å². The van der Waals surface area contributed by atoms with Crippen LogP contribution in [0.1, 0.15) is 42.0 Å². The molecule has 2 heterocycles. The molecule has 0 aliphatic carbocycles. The van der Waals surface area contributed by atoms with Crippen molar-refractivity contribution >= 4 is 21.9 Å². The minimum atomic E-state index is 0.515. The van der Waals surface area contributed by atoms with Gasteiger partial charge in [0.25, 0.3) is 5.65 Å². The molecule has 2 heteroatoms. The van der Waals surface area contributed by atoms with E-state index in [0.29, 0.717) is 5.92 Å². The molecule has 4 rings (SSSR count). The van der Waals surface area contributed by atoms with Gasteiger partial charge in [0.1, 0.15) is 11.2 Å². The maximum absolute atomic E-state index is 2.44. The van der Waals surface area contributed by atoms with Crippen molar-refractivity contribution in [1.82, 2.24) is 4.57 Å². The summed E-state index contributed by atoms with van der Waals surface area (Å²) >= 11 is 0. The Bertz CT molecular complexity index is 1150. The van der Waals surface area contributed by atoms with Gasteiger partial charge in [-0.05, 0) is 67.6 Å². The summed E-state index contributed by atoms with van der Waals surface area (Å²) in [6.45, 7) is 11.1. The molecule has 0 aliphatic heterocycles. The maximum atomic E-state index is 2.44. The quantitative estimate of drug-likeness (QED) is 0.415. The van der Waals surface area contributed by atoms with Gasteiger partial charge in [0.05, 0.1) is 18.6 Å². The minimum Gasteiger partial charge on any atom is -0.236 e. The first-order valence-corrected chi connectivity index (χ1v) is 9.39. The van der Waals surface area contributed by atoms with Crippen molar-refractivity contribution in [2.75, 3.05) is 0 Å². The van der Waals surface area contributed by atoms with E-state index in [9.17, 15) is 0 Å². The van der Waals surface area contributed by atoms with E-state index in [1.807, 2.05) is 0 Å². The molecule has 0 N–H and O–H groups in total. The largest absolute Gasteiger partial charge is 0.294 e. The Labute approximate surface area is 155 Å². The van der Waals surface area contributed by atoms with E-state index in [4.69, 9.17) is 0 Å². The van der Waals surface area contributed by atoms with Crippen molar-refractivity contribution in [3.63, 3.8) is 0 Å². The second-order valence-electron chi connectivity index (χ2n) is 7.87. The summed E-state index contributed by atoms with van der Waals surface area (Å²) in [5, 5.41) is 2.65. The summed E-state index contributed by atoms with van der Waals surface area (Å²) in [6.07, 6.45) is 2.21. The third-order valence-electron chi connectivity index (χ3n) is 5.45. The van der Waals surface area contributed by atoms with Gasteiger partial charge in [-0.3, -0.25) is 0 Å². The van der Waals surface area contributed by atoms with E-state index >= 15 is 0 Å². The molecule has 0 unspecified atom stereocenters. The van der Waals surface area contributed by atoms with E-state index in [-0.39, 0.29) is 0 Å². The number of rotatable bonds is 2. The summed E-state index contributed by atoms with van der Waals surface area (Å²) in [7, 11) is 2.15. The average Bonchev–Trinajstić information content (AvgIpc) is 2.89. The normalized spacial score (nSPS) is 11.8. The molecule has 0 aliphatic rings. The van der Waals surface area contributed by atoms with Crippen LogP contribution in [0.4, 0.5) is 0 Å². The molecule has 2 aromatic heterocycles. The van der Waals surface area contributed by atoms with Gasteiger partial charge in [0.2, 0.25) is 0 Å². The zero-order chi connectivity index (χ0) is 18.6. The molecular weight excluding hydrogens is 316 g/mol. The smallest absolute Gasteiger partial charge is 0.236 e. The highest BCUT2D eigenvalue weighted by atomic mass is 15.1. The van der Waals surface area contributed by atoms with Gasteiger partial charge in [0, 0.05) is 5.39 Å².